The van der Waals surface area contributed by atoms with E-state index in [4.69, 9.17) is 21.1 Å². The fourth-order valence-corrected chi connectivity index (χ4v) is 4.71. The molecule has 31 heavy (non-hydrogen) atoms. The molecule has 2 aromatic carbocycles. The minimum atomic E-state index is -0.659. The largest absolute Gasteiger partial charge is 0.497 e. The number of thiazole rings is 1. The number of esters is 1. The minimum Gasteiger partial charge on any atom is -0.497 e. The Balaban J connectivity index is 1.96. The standard InChI is InChI=1S/C23H19ClN2O4S/c1-13-19(22(28)30-3)20(15-7-9-16(24)10-8-15)26-21(27)18(31-23(26)25-13)12-14-5-4-6-17(11-14)29-2/h4-12,20H,1-3H3. The lowest BCUT2D eigenvalue weighted by Crippen LogP contribution is -2.39. The number of ether oxygens (including phenoxy) is 2. The number of allylic oxidation sites excluding steroid dienone is 1. The fourth-order valence-electron chi connectivity index (χ4n) is 3.54. The van der Waals surface area contributed by atoms with Gasteiger partial charge in [-0.1, -0.05) is 47.2 Å². The molecule has 0 N–H and O–H groups in total. The van der Waals surface area contributed by atoms with E-state index in [1.54, 1.807) is 48.9 Å². The summed E-state index contributed by atoms with van der Waals surface area (Å²) < 4.78 is 12.3. The van der Waals surface area contributed by atoms with Crippen LogP contribution < -0.4 is 19.6 Å². The van der Waals surface area contributed by atoms with E-state index in [0.29, 0.717) is 31.4 Å². The Morgan fingerprint density at radius 1 is 1.19 bits per heavy atom. The third kappa shape index (κ3) is 3.94. The Labute approximate surface area is 187 Å². The molecule has 1 aliphatic rings. The van der Waals surface area contributed by atoms with E-state index in [1.807, 2.05) is 24.3 Å². The van der Waals surface area contributed by atoms with Crippen molar-refractivity contribution in [1.82, 2.24) is 4.57 Å². The molecule has 3 aromatic rings. The Hall–Kier alpha value is -3.16. The normalized spacial score (nSPS) is 16.0. The molecule has 1 aliphatic heterocycles. The third-order valence-electron chi connectivity index (χ3n) is 5.00. The molecule has 0 spiro atoms. The second-order valence-corrected chi connectivity index (χ2v) is 8.35. The van der Waals surface area contributed by atoms with Crippen molar-refractivity contribution in [1.29, 1.82) is 0 Å². The molecule has 1 atom stereocenters. The zero-order chi connectivity index (χ0) is 22.1. The number of nitrogens with zero attached hydrogens (tertiary/aromatic N) is 2. The number of halogens is 1. The quantitative estimate of drug-likeness (QED) is 0.568. The molecule has 1 aromatic heterocycles. The van der Waals surface area contributed by atoms with Gasteiger partial charge in [0, 0.05) is 5.02 Å². The summed E-state index contributed by atoms with van der Waals surface area (Å²) in [7, 11) is 2.91. The average Bonchev–Trinajstić information content (AvgIpc) is 3.07. The highest BCUT2D eigenvalue weighted by molar-refractivity contribution is 7.07. The van der Waals surface area contributed by atoms with E-state index < -0.39 is 12.0 Å². The van der Waals surface area contributed by atoms with Crippen LogP contribution in [0.5, 0.6) is 5.75 Å². The first-order chi connectivity index (χ1) is 14.9. The molecule has 4 rings (SSSR count). The highest BCUT2D eigenvalue weighted by Crippen LogP contribution is 2.31. The molecule has 2 heterocycles. The van der Waals surface area contributed by atoms with Crippen LogP contribution in [0.3, 0.4) is 0 Å². The van der Waals surface area contributed by atoms with Crippen molar-refractivity contribution in [3.8, 4) is 5.75 Å². The third-order valence-corrected chi connectivity index (χ3v) is 6.24. The summed E-state index contributed by atoms with van der Waals surface area (Å²) in [6.07, 6.45) is 1.79. The first kappa shape index (κ1) is 21.1. The average molecular weight is 455 g/mol. The Bertz CT molecular complexity index is 1370. The summed E-state index contributed by atoms with van der Waals surface area (Å²) in [5.41, 5.74) is 2.18. The number of benzene rings is 2. The molecule has 0 radical (unpaired) electrons. The van der Waals surface area contributed by atoms with Crippen LogP contribution >= 0.6 is 22.9 Å². The second-order valence-electron chi connectivity index (χ2n) is 6.90. The zero-order valence-corrected chi connectivity index (χ0v) is 18.7. The Morgan fingerprint density at radius 3 is 2.61 bits per heavy atom. The first-order valence-electron chi connectivity index (χ1n) is 9.43. The number of carbonyl (C=O) groups excluding carboxylic acids is 1. The minimum absolute atomic E-state index is 0.236. The van der Waals surface area contributed by atoms with Gasteiger partial charge in [0.15, 0.2) is 4.80 Å². The van der Waals surface area contributed by atoms with E-state index >= 15 is 0 Å². The van der Waals surface area contributed by atoms with Crippen LogP contribution in [0, 0.1) is 0 Å². The smallest absolute Gasteiger partial charge is 0.338 e. The summed E-state index contributed by atoms with van der Waals surface area (Å²) in [5.74, 6) is 0.174. The van der Waals surface area contributed by atoms with E-state index in [2.05, 4.69) is 4.99 Å². The molecular weight excluding hydrogens is 436 g/mol. The van der Waals surface area contributed by atoms with E-state index in [-0.39, 0.29) is 5.56 Å². The molecule has 6 nitrogen and oxygen atoms in total. The van der Waals surface area contributed by atoms with Gasteiger partial charge in [0.25, 0.3) is 5.56 Å². The lowest BCUT2D eigenvalue weighted by Gasteiger charge is -2.24. The maximum absolute atomic E-state index is 13.4. The van der Waals surface area contributed by atoms with Crippen LogP contribution in [0.1, 0.15) is 24.1 Å². The molecule has 0 saturated heterocycles. The summed E-state index contributed by atoms with van der Waals surface area (Å²) in [5, 5.41) is 0.564. The van der Waals surface area contributed by atoms with Crippen LogP contribution in [0.4, 0.5) is 0 Å². The fraction of sp³-hybridized carbons (Fsp3) is 0.174. The van der Waals surface area contributed by atoms with Crippen LogP contribution in [0.2, 0.25) is 5.02 Å². The monoisotopic (exact) mass is 454 g/mol. The number of hydrogen-bond acceptors (Lipinski definition) is 6. The molecule has 8 heteroatoms. The number of aromatic nitrogens is 1. The van der Waals surface area contributed by atoms with Crippen molar-refractivity contribution >= 4 is 35.0 Å². The summed E-state index contributed by atoms with van der Waals surface area (Å²) in [4.78, 5) is 31.1. The number of rotatable bonds is 4. The highest BCUT2D eigenvalue weighted by Gasteiger charge is 2.32. The number of fused-ring (bicyclic) bond motifs is 1. The molecule has 0 aliphatic carbocycles. The predicted molar refractivity (Wildman–Crippen MR) is 120 cm³/mol. The summed E-state index contributed by atoms with van der Waals surface area (Å²) in [6, 6.07) is 13.8. The van der Waals surface area contributed by atoms with Gasteiger partial charge in [0.05, 0.1) is 36.1 Å². The van der Waals surface area contributed by atoms with Gasteiger partial charge in [-0.05, 0) is 48.4 Å². The van der Waals surface area contributed by atoms with E-state index in [1.165, 1.54) is 18.4 Å². The van der Waals surface area contributed by atoms with Gasteiger partial charge >= 0.3 is 5.97 Å². The Morgan fingerprint density at radius 2 is 1.94 bits per heavy atom. The van der Waals surface area contributed by atoms with Crippen molar-refractivity contribution in [3.05, 3.63) is 95.6 Å². The topological polar surface area (TPSA) is 69.9 Å². The van der Waals surface area contributed by atoms with Crippen molar-refractivity contribution < 1.29 is 14.3 Å². The van der Waals surface area contributed by atoms with Crippen molar-refractivity contribution in [2.24, 2.45) is 4.99 Å². The first-order valence-corrected chi connectivity index (χ1v) is 10.6. The maximum atomic E-state index is 13.4. The molecular formula is C23H19ClN2O4S. The van der Waals surface area contributed by atoms with Crippen molar-refractivity contribution in [2.75, 3.05) is 14.2 Å². The lowest BCUT2D eigenvalue weighted by molar-refractivity contribution is -0.136. The van der Waals surface area contributed by atoms with Crippen LogP contribution in [-0.4, -0.2) is 24.8 Å². The number of hydrogen-bond donors (Lipinski definition) is 0. The van der Waals surface area contributed by atoms with Crippen molar-refractivity contribution in [3.63, 3.8) is 0 Å². The SMILES string of the molecule is COC(=O)C1=C(C)N=c2sc(=Cc3cccc(OC)c3)c(=O)n2C1c1ccc(Cl)cc1. The number of carbonyl (C=O) groups is 1. The van der Waals surface area contributed by atoms with Gasteiger partial charge in [-0.15, -0.1) is 0 Å². The van der Waals surface area contributed by atoms with Crippen molar-refractivity contribution in [2.45, 2.75) is 13.0 Å². The van der Waals surface area contributed by atoms with Gasteiger partial charge in [-0.2, -0.15) is 0 Å². The molecule has 158 valence electrons. The molecule has 0 amide bonds. The Kier molecular flexibility index (Phi) is 5.80. The van der Waals surface area contributed by atoms with Crippen LogP contribution in [0.25, 0.3) is 6.08 Å². The highest BCUT2D eigenvalue weighted by atomic mass is 35.5. The zero-order valence-electron chi connectivity index (χ0n) is 17.1. The van der Waals surface area contributed by atoms with Gasteiger partial charge in [0.1, 0.15) is 5.75 Å². The van der Waals surface area contributed by atoms with Crippen LogP contribution in [-0.2, 0) is 9.53 Å². The van der Waals surface area contributed by atoms with E-state index in [0.717, 1.165) is 11.1 Å². The molecule has 1 unspecified atom stereocenters. The van der Waals surface area contributed by atoms with Crippen LogP contribution in [0.15, 0.2) is 69.6 Å². The van der Waals surface area contributed by atoms with E-state index in [9.17, 15) is 9.59 Å². The van der Waals surface area contributed by atoms with Gasteiger partial charge in [0.2, 0.25) is 0 Å². The lowest BCUT2D eigenvalue weighted by atomic mass is 9.96. The predicted octanol–water partition coefficient (Wildman–Crippen LogP) is 3.07. The molecule has 0 bridgehead atoms. The number of methoxy groups -OCH3 is 2. The van der Waals surface area contributed by atoms with Gasteiger partial charge in [-0.3, -0.25) is 9.36 Å². The van der Waals surface area contributed by atoms with Gasteiger partial charge < -0.3 is 9.47 Å². The molecule has 0 fully saturated rings. The maximum Gasteiger partial charge on any atom is 0.338 e. The summed E-state index contributed by atoms with van der Waals surface area (Å²) in [6.45, 7) is 1.74. The summed E-state index contributed by atoms with van der Waals surface area (Å²) >= 11 is 7.32. The van der Waals surface area contributed by atoms with Gasteiger partial charge in [-0.25, -0.2) is 9.79 Å². The second kappa shape index (κ2) is 8.53. The molecule has 0 saturated carbocycles.